The first kappa shape index (κ1) is 13.0. The van der Waals surface area contributed by atoms with E-state index in [0.717, 1.165) is 6.29 Å². The second-order valence-electron chi connectivity index (χ2n) is 2.41. The van der Waals surface area contributed by atoms with E-state index in [0.29, 0.717) is 5.56 Å². The lowest BCUT2D eigenvalue weighted by molar-refractivity contribution is 0.0965. The lowest BCUT2D eigenvalue weighted by atomic mass is 10.2. The van der Waals surface area contributed by atoms with Gasteiger partial charge in [0, 0.05) is 5.56 Å². The average molecular weight is 212 g/mol. The van der Waals surface area contributed by atoms with Crippen molar-refractivity contribution in [1.82, 2.24) is 0 Å². The molecule has 0 saturated heterocycles. The summed E-state index contributed by atoms with van der Waals surface area (Å²) in [4.78, 5) is 19.4. The summed E-state index contributed by atoms with van der Waals surface area (Å²) in [5.74, 6) is 0.181. The molecule has 0 heterocycles. The average Bonchev–Trinajstić information content (AvgIpc) is 2.20. The van der Waals surface area contributed by atoms with Crippen molar-refractivity contribution in [3.05, 3.63) is 29.8 Å². The molecular weight excluding hydrogens is 200 g/mol. The standard InChI is InChI=1S/C7H6O2.C3H6O3/c8-5-6-1-3-7(9)4-2-6;1-2-6-3(4)5/h1-5,9H;2H2,1H3,(H,4,5). The maximum atomic E-state index is 10.0. The zero-order chi connectivity index (χ0) is 11.7. The monoisotopic (exact) mass is 212 g/mol. The molecule has 0 bridgehead atoms. The molecule has 0 aliphatic carbocycles. The number of ether oxygens (including phenoxy) is 1. The van der Waals surface area contributed by atoms with E-state index in [2.05, 4.69) is 4.74 Å². The molecule has 0 spiro atoms. The van der Waals surface area contributed by atoms with Crippen molar-refractivity contribution < 1.29 is 24.5 Å². The molecule has 0 fully saturated rings. The smallest absolute Gasteiger partial charge is 0.505 e. The highest BCUT2D eigenvalue weighted by Gasteiger charge is 1.87. The molecule has 0 aliphatic heterocycles. The number of phenols is 1. The molecule has 1 aromatic rings. The minimum atomic E-state index is -1.21. The number of benzene rings is 1. The fourth-order valence-corrected chi connectivity index (χ4v) is 0.676. The fraction of sp³-hybridized carbons (Fsp3) is 0.200. The molecule has 0 aliphatic rings. The molecule has 0 aromatic heterocycles. The van der Waals surface area contributed by atoms with E-state index in [-0.39, 0.29) is 12.4 Å². The van der Waals surface area contributed by atoms with Crippen LogP contribution in [0, 0.1) is 0 Å². The van der Waals surface area contributed by atoms with Crippen LogP contribution in [0.5, 0.6) is 5.75 Å². The van der Waals surface area contributed by atoms with E-state index in [4.69, 9.17) is 10.2 Å². The summed E-state index contributed by atoms with van der Waals surface area (Å²) < 4.78 is 3.96. The Morgan fingerprint density at radius 3 is 2.20 bits per heavy atom. The van der Waals surface area contributed by atoms with E-state index in [1.54, 1.807) is 19.1 Å². The van der Waals surface area contributed by atoms with Crippen LogP contribution in [-0.4, -0.2) is 29.3 Å². The molecule has 5 heteroatoms. The van der Waals surface area contributed by atoms with Crippen molar-refractivity contribution in [3.63, 3.8) is 0 Å². The number of rotatable bonds is 2. The summed E-state index contributed by atoms with van der Waals surface area (Å²) in [6, 6.07) is 6.07. The van der Waals surface area contributed by atoms with Gasteiger partial charge in [0.2, 0.25) is 0 Å². The van der Waals surface area contributed by atoms with Gasteiger partial charge < -0.3 is 14.9 Å². The van der Waals surface area contributed by atoms with Crippen molar-refractivity contribution in [1.29, 1.82) is 0 Å². The van der Waals surface area contributed by atoms with Crippen LogP contribution in [0.1, 0.15) is 17.3 Å². The topological polar surface area (TPSA) is 83.8 Å². The second-order valence-corrected chi connectivity index (χ2v) is 2.41. The van der Waals surface area contributed by atoms with Crippen molar-refractivity contribution in [2.45, 2.75) is 6.92 Å². The largest absolute Gasteiger partial charge is 0.508 e. The third kappa shape index (κ3) is 7.06. The minimum Gasteiger partial charge on any atom is -0.508 e. The number of phenolic OH excluding ortho intramolecular Hbond substituents is 1. The van der Waals surface area contributed by atoms with Gasteiger partial charge in [-0.3, -0.25) is 4.79 Å². The highest BCUT2D eigenvalue weighted by Crippen LogP contribution is 2.07. The molecule has 5 nitrogen and oxygen atoms in total. The van der Waals surface area contributed by atoms with E-state index >= 15 is 0 Å². The van der Waals surface area contributed by atoms with Crippen molar-refractivity contribution in [3.8, 4) is 5.75 Å². The molecule has 1 rings (SSSR count). The number of carbonyl (C=O) groups is 2. The van der Waals surface area contributed by atoms with Gasteiger partial charge in [-0.05, 0) is 31.2 Å². The first-order valence-electron chi connectivity index (χ1n) is 4.20. The Bertz CT molecular complexity index is 304. The zero-order valence-corrected chi connectivity index (χ0v) is 8.21. The predicted octanol–water partition coefficient (Wildman–Crippen LogP) is 1.91. The van der Waals surface area contributed by atoms with E-state index in [1.165, 1.54) is 12.1 Å². The number of aldehydes is 1. The van der Waals surface area contributed by atoms with Gasteiger partial charge in [0.05, 0.1) is 6.61 Å². The van der Waals surface area contributed by atoms with E-state index in [9.17, 15) is 9.59 Å². The van der Waals surface area contributed by atoms with Crippen LogP contribution in [0.4, 0.5) is 4.79 Å². The van der Waals surface area contributed by atoms with Gasteiger partial charge in [0.15, 0.2) is 0 Å². The summed E-state index contributed by atoms with van der Waals surface area (Å²) in [5.41, 5.74) is 0.577. The van der Waals surface area contributed by atoms with Crippen molar-refractivity contribution in [2.75, 3.05) is 6.61 Å². The lowest BCUT2D eigenvalue weighted by Crippen LogP contribution is -1.97. The number of aromatic hydroxyl groups is 1. The van der Waals surface area contributed by atoms with Gasteiger partial charge in [-0.1, -0.05) is 0 Å². The second kappa shape index (κ2) is 7.37. The molecule has 0 amide bonds. The van der Waals surface area contributed by atoms with Crippen molar-refractivity contribution >= 4 is 12.4 Å². The Balaban J connectivity index is 0.000000288. The third-order valence-corrected chi connectivity index (χ3v) is 1.30. The van der Waals surface area contributed by atoms with Crippen LogP contribution >= 0.6 is 0 Å². The van der Waals surface area contributed by atoms with Crippen LogP contribution in [0.2, 0.25) is 0 Å². The SMILES string of the molecule is CCOC(=O)O.O=Cc1ccc(O)cc1. The lowest BCUT2D eigenvalue weighted by Gasteiger charge is -1.88. The Hall–Kier alpha value is -2.04. The number of hydrogen-bond donors (Lipinski definition) is 2. The molecule has 82 valence electrons. The zero-order valence-electron chi connectivity index (χ0n) is 8.21. The highest BCUT2D eigenvalue weighted by atomic mass is 16.7. The van der Waals surface area contributed by atoms with Crippen LogP contribution < -0.4 is 0 Å². The van der Waals surface area contributed by atoms with Crippen LogP contribution in [0.3, 0.4) is 0 Å². The van der Waals surface area contributed by atoms with Crippen LogP contribution in [0.15, 0.2) is 24.3 Å². The Morgan fingerprint density at radius 1 is 1.40 bits per heavy atom. The third-order valence-electron chi connectivity index (χ3n) is 1.30. The first-order chi connectivity index (χ1) is 7.10. The number of hydrogen-bond acceptors (Lipinski definition) is 4. The van der Waals surface area contributed by atoms with E-state index in [1.807, 2.05) is 0 Å². The Kier molecular flexibility index (Phi) is 6.37. The predicted molar refractivity (Wildman–Crippen MR) is 53.1 cm³/mol. The van der Waals surface area contributed by atoms with Gasteiger partial charge in [0.25, 0.3) is 0 Å². The molecule has 0 saturated carbocycles. The summed E-state index contributed by atoms with van der Waals surface area (Å²) in [6.07, 6.45) is -0.475. The number of carboxylic acid groups (broad SMARTS) is 1. The van der Waals surface area contributed by atoms with Gasteiger partial charge in [-0.15, -0.1) is 0 Å². The quantitative estimate of drug-likeness (QED) is 0.577. The van der Waals surface area contributed by atoms with E-state index < -0.39 is 6.16 Å². The Morgan fingerprint density at radius 2 is 1.93 bits per heavy atom. The summed E-state index contributed by atoms with van der Waals surface area (Å²) in [7, 11) is 0. The fourth-order valence-electron chi connectivity index (χ4n) is 0.676. The highest BCUT2D eigenvalue weighted by molar-refractivity contribution is 5.74. The summed E-state index contributed by atoms with van der Waals surface area (Å²) >= 11 is 0. The molecular formula is C10H12O5. The van der Waals surface area contributed by atoms with Crippen molar-refractivity contribution in [2.24, 2.45) is 0 Å². The number of carbonyl (C=O) groups excluding carboxylic acids is 1. The molecule has 2 N–H and O–H groups in total. The molecule has 0 radical (unpaired) electrons. The van der Waals surface area contributed by atoms with Crippen LogP contribution in [-0.2, 0) is 4.74 Å². The first-order valence-corrected chi connectivity index (χ1v) is 4.20. The molecule has 1 aromatic carbocycles. The van der Waals surface area contributed by atoms with Gasteiger partial charge in [0.1, 0.15) is 12.0 Å². The van der Waals surface area contributed by atoms with Gasteiger partial charge in [-0.25, -0.2) is 4.79 Å². The van der Waals surface area contributed by atoms with Gasteiger partial charge >= 0.3 is 6.16 Å². The molecule has 0 unspecified atom stereocenters. The maximum absolute atomic E-state index is 10.0. The minimum absolute atomic E-state index is 0.181. The maximum Gasteiger partial charge on any atom is 0.505 e. The van der Waals surface area contributed by atoms with Crippen LogP contribution in [0.25, 0.3) is 0 Å². The molecule has 0 atom stereocenters. The summed E-state index contributed by atoms with van der Waals surface area (Å²) in [6.45, 7) is 1.85. The molecule has 15 heavy (non-hydrogen) atoms. The normalized spacial score (nSPS) is 8.33. The summed E-state index contributed by atoms with van der Waals surface area (Å²) in [5, 5.41) is 16.4. The Labute approximate surface area is 86.9 Å². The van der Waals surface area contributed by atoms with Gasteiger partial charge in [-0.2, -0.15) is 0 Å².